The second kappa shape index (κ2) is 3.49. The predicted octanol–water partition coefficient (Wildman–Crippen LogP) is -0.214. The molecule has 0 aromatic rings. The third-order valence-corrected chi connectivity index (χ3v) is 2.23. The SMILES string of the molecule is CCC(C)(N)N1CCCNN1. The van der Waals surface area contributed by atoms with Gasteiger partial charge in [0, 0.05) is 13.1 Å². The van der Waals surface area contributed by atoms with E-state index in [1.165, 1.54) is 0 Å². The van der Waals surface area contributed by atoms with Crippen LogP contribution >= 0.6 is 0 Å². The lowest BCUT2D eigenvalue weighted by Crippen LogP contribution is -2.65. The molecule has 1 atom stereocenters. The van der Waals surface area contributed by atoms with Crippen LogP contribution in [0.15, 0.2) is 0 Å². The summed E-state index contributed by atoms with van der Waals surface area (Å²) in [6, 6.07) is 0. The standard InChI is InChI=1S/C7H18N4/c1-3-7(2,8)11-6-4-5-9-10-11/h9-10H,3-6,8H2,1-2H3. The largest absolute Gasteiger partial charge is 0.312 e. The van der Waals surface area contributed by atoms with Crippen molar-refractivity contribution in [1.82, 2.24) is 16.0 Å². The van der Waals surface area contributed by atoms with Crippen molar-refractivity contribution in [2.75, 3.05) is 13.1 Å². The van der Waals surface area contributed by atoms with Gasteiger partial charge in [0.2, 0.25) is 0 Å². The lowest BCUT2D eigenvalue weighted by Gasteiger charge is -2.40. The predicted molar refractivity (Wildman–Crippen MR) is 45.3 cm³/mol. The lowest BCUT2D eigenvalue weighted by molar-refractivity contribution is 0.00493. The van der Waals surface area contributed by atoms with Crippen LogP contribution in [0.2, 0.25) is 0 Å². The molecule has 1 aliphatic heterocycles. The Hall–Kier alpha value is -0.160. The van der Waals surface area contributed by atoms with Crippen molar-refractivity contribution in [3.8, 4) is 0 Å². The van der Waals surface area contributed by atoms with E-state index in [9.17, 15) is 0 Å². The number of nitrogens with one attached hydrogen (secondary N) is 2. The first-order valence-electron chi connectivity index (χ1n) is 4.22. The Labute approximate surface area is 68.1 Å². The fourth-order valence-electron chi connectivity index (χ4n) is 1.11. The molecular weight excluding hydrogens is 140 g/mol. The van der Waals surface area contributed by atoms with Gasteiger partial charge in [-0.2, -0.15) is 5.53 Å². The van der Waals surface area contributed by atoms with Gasteiger partial charge in [0.15, 0.2) is 0 Å². The first-order chi connectivity index (χ1) is 5.17. The zero-order valence-electron chi connectivity index (χ0n) is 7.35. The summed E-state index contributed by atoms with van der Waals surface area (Å²) in [5.41, 5.74) is 11.9. The summed E-state index contributed by atoms with van der Waals surface area (Å²) in [7, 11) is 0. The maximum Gasteiger partial charge on any atom is 0.0802 e. The minimum atomic E-state index is -0.229. The molecule has 66 valence electrons. The zero-order chi connectivity index (χ0) is 8.32. The van der Waals surface area contributed by atoms with E-state index < -0.39 is 0 Å². The molecule has 0 aromatic carbocycles. The molecule has 4 heteroatoms. The van der Waals surface area contributed by atoms with Crippen LogP contribution in [0.5, 0.6) is 0 Å². The summed E-state index contributed by atoms with van der Waals surface area (Å²) in [5.74, 6) is 0. The van der Waals surface area contributed by atoms with Gasteiger partial charge in [-0.3, -0.25) is 0 Å². The Morgan fingerprint density at radius 2 is 2.36 bits per heavy atom. The second-order valence-electron chi connectivity index (χ2n) is 3.25. The number of hydrogen-bond acceptors (Lipinski definition) is 4. The fraction of sp³-hybridized carbons (Fsp3) is 1.00. The Balaban J connectivity index is 2.43. The molecule has 1 rings (SSSR count). The van der Waals surface area contributed by atoms with E-state index in [0.29, 0.717) is 0 Å². The second-order valence-corrected chi connectivity index (χ2v) is 3.25. The van der Waals surface area contributed by atoms with Crippen LogP contribution in [0, 0.1) is 0 Å². The van der Waals surface area contributed by atoms with E-state index in [1.807, 2.05) is 6.92 Å². The molecule has 11 heavy (non-hydrogen) atoms. The summed E-state index contributed by atoms with van der Waals surface area (Å²) in [5, 5.41) is 2.05. The molecule has 4 nitrogen and oxygen atoms in total. The number of hydrogen-bond donors (Lipinski definition) is 3. The maximum absolute atomic E-state index is 6.01. The molecule has 0 saturated carbocycles. The van der Waals surface area contributed by atoms with Gasteiger partial charge >= 0.3 is 0 Å². The van der Waals surface area contributed by atoms with Crippen molar-refractivity contribution < 1.29 is 0 Å². The van der Waals surface area contributed by atoms with Crippen LogP contribution in [0.25, 0.3) is 0 Å². The maximum atomic E-state index is 6.01. The molecule has 4 N–H and O–H groups in total. The topological polar surface area (TPSA) is 53.3 Å². The minimum Gasteiger partial charge on any atom is -0.312 e. The van der Waals surface area contributed by atoms with Crippen molar-refractivity contribution >= 4 is 0 Å². The number of nitrogens with two attached hydrogens (primary N) is 1. The summed E-state index contributed by atoms with van der Waals surface area (Å²) in [6.07, 6.45) is 2.10. The number of hydrazine groups is 2. The van der Waals surface area contributed by atoms with E-state index in [1.54, 1.807) is 0 Å². The summed E-state index contributed by atoms with van der Waals surface area (Å²) < 4.78 is 0. The molecular formula is C7H18N4. The third kappa shape index (κ3) is 2.13. The van der Waals surface area contributed by atoms with Crippen LogP contribution in [0.3, 0.4) is 0 Å². The van der Waals surface area contributed by atoms with Gasteiger partial charge < -0.3 is 5.73 Å². The van der Waals surface area contributed by atoms with Crippen LogP contribution in [0.1, 0.15) is 26.7 Å². The zero-order valence-corrected chi connectivity index (χ0v) is 7.35. The van der Waals surface area contributed by atoms with E-state index in [4.69, 9.17) is 5.73 Å². The molecule has 1 aliphatic rings. The molecule has 0 aromatic heterocycles. The summed E-state index contributed by atoms with van der Waals surface area (Å²) in [4.78, 5) is 0. The molecule has 1 heterocycles. The quantitative estimate of drug-likeness (QED) is 0.520. The Morgan fingerprint density at radius 1 is 1.64 bits per heavy atom. The van der Waals surface area contributed by atoms with Crippen molar-refractivity contribution in [2.45, 2.75) is 32.4 Å². The van der Waals surface area contributed by atoms with E-state index in [0.717, 1.165) is 25.9 Å². The molecule has 0 amide bonds. The molecule has 0 bridgehead atoms. The first-order valence-corrected chi connectivity index (χ1v) is 4.22. The monoisotopic (exact) mass is 158 g/mol. The molecule has 1 fully saturated rings. The molecule has 0 radical (unpaired) electrons. The van der Waals surface area contributed by atoms with Crippen LogP contribution in [-0.4, -0.2) is 23.8 Å². The number of nitrogens with zero attached hydrogens (tertiary/aromatic N) is 1. The highest BCUT2D eigenvalue weighted by Crippen LogP contribution is 2.10. The van der Waals surface area contributed by atoms with Gasteiger partial charge in [0.25, 0.3) is 0 Å². The van der Waals surface area contributed by atoms with Crippen LogP contribution in [-0.2, 0) is 0 Å². The molecule has 1 unspecified atom stereocenters. The van der Waals surface area contributed by atoms with Gasteiger partial charge in [0.05, 0.1) is 5.66 Å². The third-order valence-electron chi connectivity index (χ3n) is 2.23. The highest BCUT2D eigenvalue weighted by Gasteiger charge is 2.26. The first kappa shape index (κ1) is 8.93. The molecule has 1 saturated heterocycles. The van der Waals surface area contributed by atoms with E-state index in [-0.39, 0.29) is 5.66 Å². The Kier molecular flexibility index (Phi) is 2.84. The minimum absolute atomic E-state index is 0.229. The number of rotatable bonds is 2. The lowest BCUT2D eigenvalue weighted by atomic mass is 10.1. The highest BCUT2D eigenvalue weighted by atomic mass is 15.7. The van der Waals surface area contributed by atoms with Crippen molar-refractivity contribution in [1.29, 1.82) is 0 Å². The van der Waals surface area contributed by atoms with Crippen LogP contribution < -0.4 is 16.7 Å². The average Bonchev–Trinajstić information content (AvgIpc) is 2.06. The van der Waals surface area contributed by atoms with Crippen molar-refractivity contribution in [2.24, 2.45) is 5.73 Å². The summed E-state index contributed by atoms with van der Waals surface area (Å²) in [6.45, 7) is 6.17. The fourth-order valence-corrected chi connectivity index (χ4v) is 1.11. The van der Waals surface area contributed by atoms with E-state index >= 15 is 0 Å². The Bertz CT molecular complexity index is 118. The van der Waals surface area contributed by atoms with Gasteiger partial charge in [-0.1, -0.05) is 6.92 Å². The molecule has 0 spiro atoms. The summed E-state index contributed by atoms with van der Waals surface area (Å²) >= 11 is 0. The molecule has 0 aliphatic carbocycles. The van der Waals surface area contributed by atoms with Crippen molar-refractivity contribution in [3.05, 3.63) is 0 Å². The average molecular weight is 158 g/mol. The van der Waals surface area contributed by atoms with Crippen LogP contribution in [0.4, 0.5) is 0 Å². The van der Waals surface area contributed by atoms with Gasteiger partial charge in [-0.15, -0.1) is 0 Å². The van der Waals surface area contributed by atoms with Gasteiger partial charge in [-0.25, -0.2) is 10.4 Å². The highest BCUT2D eigenvalue weighted by molar-refractivity contribution is 4.76. The van der Waals surface area contributed by atoms with Gasteiger partial charge in [0.1, 0.15) is 0 Å². The van der Waals surface area contributed by atoms with Crippen molar-refractivity contribution in [3.63, 3.8) is 0 Å². The van der Waals surface area contributed by atoms with Gasteiger partial charge in [-0.05, 0) is 19.8 Å². The smallest absolute Gasteiger partial charge is 0.0802 e. The normalized spacial score (nSPS) is 26.5. The van der Waals surface area contributed by atoms with E-state index in [2.05, 4.69) is 22.9 Å². The Morgan fingerprint density at radius 3 is 2.82 bits per heavy atom.